The molecule has 0 N–H and O–H groups in total. The molecular formula is C27H25N3O2+2. The van der Waals surface area contributed by atoms with Gasteiger partial charge in [0.15, 0.2) is 24.8 Å². The Bertz CT molecular complexity index is 1260. The summed E-state index contributed by atoms with van der Waals surface area (Å²) in [6.45, 7) is 1.27. The minimum Gasteiger partial charge on any atom is -0.274 e. The third kappa shape index (κ3) is 3.66. The molecule has 0 bridgehead atoms. The number of rotatable bonds is 6. The van der Waals surface area contributed by atoms with Crippen LogP contribution >= 0.6 is 0 Å². The van der Waals surface area contributed by atoms with Crippen LogP contribution in [-0.2, 0) is 13.6 Å². The first-order valence-corrected chi connectivity index (χ1v) is 10.9. The SMILES string of the molecule is C[n+]1ccc(-c2cc[n+](CCCCN3C(=O)c4cccc5cccc(c45)C3=O)cc2)cc1. The number of hydrogen-bond donors (Lipinski definition) is 0. The molecule has 1 aliphatic rings. The number of aryl methyl sites for hydroxylation is 2. The van der Waals surface area contributed by atoms with E-state index in [0.29, 0.717) is 17.7 Å². The Hall–Kier alpha value is -3.86. The summed E-state index contributed by atoms with van der Waals surface area (Å²) in [7, 11) is 2.01. The van der Waals surface area contributed by atoms with Crippen LogP contribution in [0.15, 0.2) is 85.5 Å². The Morgan fingerprint density at radius 1 is 0.719 bits per heavy atom. The molecule has 1 aliphatic heterocycles. The van der Waals surface area contributed by atoms with Gasteiger partial charge in [-0.3, -0.25) is 14.5 Å². The van der Waals surface area contributed by atoms with Gasteiger partial charge in [-0.1, -0.05) is 24.3 Å². The van der Waals surface area contributed by atoms with Crippen LogP contribution < -0.4 is 9.13 Å². The van der Waals surface area contributed by atoms with Crippen molar-refractivity contribution in [1.29, 1.82) is 0 Å². The van der Waals surface area contributed by atoms with Crippen molar-refractivity contribution < 1.29 is 18.7 Å². The zero-order valence-electron chi connectivity index (χ0n) is 18.1. The van der Waals surface area contributed by atoms with E-state index in [1.165, 1.54) is 16.0 Å². The fraction of sp³-hybridized carbons (Fsp3) is 0.185. The molecule has 2 aromatic carbocycles. The topological polar surface area (TPSA) is 45.1 Å². The van der Waals surface area contributed by atoms with Crippen molar-refractivity contribution in [3.8, 4) is 11.1 Å². The number of amides is 2. The molecule has 0 fully saturated rings. The second kappa shape index (κ2) is 8.35. The van der Waals surface area contributed by atoms with Gasteiger partial charge in [0, 0.05) is 53.7 Å². The zero-order chi connectivity index (χ0) is 22.1. The lowest BCUT2D eigenvalue weighted by Crippen LogP contribution is -2.41. The quantitative estimate of drug-likeness (QED) is 0.270. The van der Waals surface area contributed by atoms with Crippen LogP contribution in [0.3, 0.4) is 0 Å². The first-order chi connectivity index (χ1) is 15.6. The molecule has 5 rings (SSSR count). The highest BCUT2D eigenvalue weighted by Gasteiger charge is 2.32. The Labute approximate surface area is 187 Å². The second-order valence-electron chi connectivity index (χ2n) is 8.26. The monoisotopic (exact) mass is 423 g/mol. The molecule has 0 unspecified atom stereocenters. The summed E-state index contributed by atoms with van der Waals surface area (Å²) in [5.74, 6) is -0.375. The van der Waals surface area contributed by atoms with Crippen LogP contribution in [0, 0.1) is 0 Å². The fourth-order valence-electron chi connectivity index (χ4n) is 4.34. The van der Waals surface area contributed by atoms with E-state index in [1.54, 1.807) is 0 Å². The van der Waals surface area contributed by atoms with Gasteiger partial charge in [0.05, 0.1) is 0 Å². The number of nitrogens with zero attached hydrogens (tertiary/aromatic N) is 3. The lowest BCUT2D eigenvalue weighted by atomic mass is 9.94. The molecule has 2 aromatic heterocycles. The minimum absolute atomic E-state index is 0.187. The summed E-state index contributed by atoms with van der Waals surface area (Å²) >= 11 is 0. The number of unbranched alkanes of at least 4 members (excludes halogenated alkanes) is 1. The number of hydrogen-bond acceptors (Lipinski definition) is 2. The van der Waals surface area contributed by atoms with Gasteiger partial charge in [0.25, 0.3) is 11.8 Å². The Balaban J connectivity index is 1.21. The first kappa shape index (κ1) is 20.1. The van der Waals surface area contributed by atoms with Gasteiger partial charge in [-0.25, -0.2) is 9.13 Å². The molecule has 0 saturated carbocycles. The predicted octanol–water partition coefficient (Wildman–Crippen LogP) is 3.70. The molecule has 0 saturated heterocycles. The summed E-state index contributed by atoms with van der Waals surface area (Å²) in [5, 5.41) is 1.72. The fourth-order valence-corrected chi connectivity index (χ4v) is 4.34. The standard InChI is InChI=1S/C27H25N3O2/c1-28-16-10-20(11-17-28)21-12-18-29(19-13-21)14-2-3-15-30-26(31)23-8-4-6-22-7-5-9-24(25(22)23)27(30)32/h4-13,16-19H,2-3,14-15H2,1H3/q+2. The van der Waals surface area contributed by atoms with Crippen molar-refractivity contribution in [2.24, 2.45) is 7.05 Å². The summed E-state index contributed by atoms with van der Waals surface area (Å²) in [6, 6.07) is 19.7. The third-order valence-corrected chi connectivity index (χ3v) is 6.11. The maximum Gasteiger partial charge on any atom is 0.261 e. The van der Waals surface area contributed by atoms with E-state index in [-0.39, 0.29) is 11.8 Å². The average molecular weight is 424 g/mol. The summed E-state index contributed by atoms with van der Waals surface area (Å²) in [5.41, 5.74) is 3.61. The first-order valence-electron chi connectivity index (χ1n) is 10.9. The molecule has 32 heavy (non-hydrogen) atoms. The highest BCUT2D eigenvalue weighted by molar-refractivity contribution is 6.25. The number of aromatic nitrogens is 2. The molecular weight excluding hydrogens is 398 g/mol. The third-order valence-electron chi connectivity index (χ3n) is 6.11. The van der Waals surface area contributed by atoms with Crippen molar-refractivity contribution in [1.82, 2.24) is 4.90 Å². The molecule has 0 radical (unpaired) electrons. The van der Waals surface area contributed by atoms with Crippen molar-refractivity contribution >= 4 is 22.6 Å². The minimum atomic E-state index is -0.187. The molecule has 4 aromatic rings. The van der Waals surface area contributed by atoms with Crippen molar-refractivity contribution in [3.63, 3.8) is 0 Å². The van der Waals surface area contributed by atoms with E-state index < -0.39 is 0 Å². The summed E-state index contributed by atoms with van der Waals surface area (Å²) in [4.78, 5) is 27.3. The van der Waals surface area contributed by atoms with Gasteiger partial charge in [-0.15, -0.1) is 0 Å². The second-order valence-corrected chi connectivity index (χ2v) is 8.26. The Morgan fingerprint density at radius 3 is 1.88 bits per heavy atom. The van der Waals surface area contributed by atoms with E-state index in [9.17, 15) is 9.59 Å². The lowest BCUT2D eigenvalue weighted by molar-refractivity contribution is -0.697. The highest BCUT2D eigenvalue weighted by atomic mass is 16.2. The van der Waals surface area contributed by atoms with Gasteiger partial charge in [0.1, 0.15) is 13.6 Å². The highest BCUT2D eigenvalue weighted by Crippen LogP contribution is 2.30. The smallest absolute Gasteiger partial charge is 0.261 e. The van der Waals surface area contributed by atoms with Crippen molar-refractivity contribution in [2.75, 3.05) is 6.54 Å². The van der Waals surface area contributed by atoms with Gasteiger partial charge in [-0.2, -0.15) is 0 Å². The van der Waals surface area contributed by atoms with Crippen molar-refractivity contribution in [3.05, 3.63) is 96.6 Å². The number of carbonyl (C=O) groups is 2. The van der Waals surface area contributed by atoms with Gasteiger partial charge in [-0.05, 0) is 35.1 Å². The van der Waals surface area contributed by atoms with E-state index in [2.05, 4.69) is 41.2 Å². The Kier molecular flexibility index (Phi) is 5.23. The van der Waals surface area contributed by atoms with Crippen LogP contribution in [0.5, 0.6) is 0 Å². The van der Waals surface area contributed by atoms with Crippen LogP contribution in [-0.4, -0.2) is 23.3 Å². The molecule has 0 atom stereocenters. The van der Waals surface area contributed by atoms with Gasteiger partial charge < -0.3 is 0 Å². The summed E-state index contributed by atoms with van der Waals surface area (Å²) < 4.78 is 4.16. The van der Waals surface area contributed by atoms with Crippen LogP contribution in [0.25, 0.3) is 21.9 Å². The van der Waals surface area contributed by atoms with E-state index in [4.69, 9.17) is 0 Å². The molecule has 3 heterocycles. The lowest BCUT2D eigenvalue weighted by Gasteiger charge is -2.27. The molecule has 5 nitrogen and oxygen atoms in total. The average Bonchev–Trinajstić information content (AvgIpc) is 2.83. The molecule has 5 heteroatoms. The molecule has 0 aliphatic carbocycles. The van der Waals surface area contributed by atoms with E-state index >= 15 is 0 Å². The number of benzene rings is 2. The van der Waals surface area contributed by atoms with Crippen LogP contribution in [0.4, 0.5) is 0 Å². The largest absolute Gasteiger partial charge is 0.274 e. The van der Waals surface area contributed by atoms with Crippen molar-refractivity contribution in [2.45, 2.75) is 19.4 Å². The normalized spacial score (nSPS) is 13.1. The number of pyridine rings is 2. The van der Waals surface area contributed by atoms with Gasteiger partial charge >= 0.3 is 0 Å². The number of carbonyl (C=O) groups excluding carboxylic acids is 2. The predicted molar refractivity (Wildman–Crippen MR) is 122 cm³/mol. The summed E-state index contributed by atoms with van der Waals surface area (Å²) in [6.07, 6.45) is 9.89. The van der Waals surface area contributed by atoms with Crippen LogP contribution in [0.2, 0.25) is 0 Å². The molecule has 0 spiro atoms. The van der Waals surface area contributed by atoms with Gasteiger partial charge in [0.2, 0.25) is 0 Å². The maximum absolute atomic E-state index is 13.0. The van der Waals surface area contributed by atoms with E-state index in [1.807, 2.05) is 60.4 Å². The molecule has 158 valence electrons. The zero-order valence-corrected chi connectivity index (χ0v) is 18.1. The maximum atomic E-state index is 13.0. The van der Waals surface area contributed by atoms with E-state index in [0.717, 1.165) is 30.2 Å². The number of imide groups is 1. The van der Waals surface area contributed by atoms with Crippen LogP contribution in [0.1, 0.15) is 33.6 Å². The molecule has 2 amide bonds. The Morgan fingerprint density at radius 2 is 1.28 bits per heavy atom.